The third-order valence-electron chi connectivity index (χ3n) is 10.0. The largest absolute Gasteiger partial charge is 0.455 e. The molecule has 0 saturated carbocycles. The van der Waals surface area contributed by atoms with Crippen LogP contribution in [0.5, 0.6) is 0 Å². The van der Waals surface area contributed by atoms with Crippen molar-refractivity contribution in [2.24, 2.45) is 11.8 Å². The number of hydrogen-bond donors (Lipinski definition) is 2. The summed E-state index contributed by atoms with van der Waals surface area (Å²) in [7, 11) is 0. The van der Waals surface area contributed by atoms with Gasteiger partial charge in [-0.2, -0.15) is 0 Å². The average Bonchev–Trinajstić information content (AvgIpc) is 3.75. The summed E-state index contributed by atoms with van der Waals surface area (Å²) in [6.07, 6.45) is 5.58. The minimum Gasteiger partial charge on any atom is -0.455 e. The number of esters is 1. The van der Waals surface area contributed by atoms with Crippen molar-refractivity contribution in [1.82, 2.24) is 15.1 Å². The van der Waals surface area contributed by atoms with E-state index in [4.69, 9.17) is 9.47 Å². The number of unbranched alkanes of at least 4 members (excludes halogenated alkanes) is 2. The van der Waals surface area contributed by atoms with Crippen LogP contribution in [0.4, 0.5) is 0 Å². The van der Waals surface area contributed by atoms with Gasteiger partial charge in [0.05, 0.1) is 24.0 Å². The highest BCUT2D eigenvalue weighted by atomic mass is 16.6. The second-order valence-electron chi connectivity index (χ2n) is 13.3. The number of fused-ring (bicyclic) bond motifs is 1. The highest BCUT2D eigenvalue weighted by molar-refractivity contribution is 5.98. The average molecular weight is 672 g/mol. The van der Waals surface area contributed by atoms with Crippen LogP contribution < -0.4 is 5.32 Å². The maximum atomic E-state index is 14.6. The standard InChI is InChI=1S/C39H49N3O7/c1-4-6-20-31(44)40-27(3)34(29-18-12-8-13-19-29)48-38(47)32-30-21-22-39(49-30)33(32)36(45)42(24-14-9-15-25-43)35(39)37(46)41(23-5-2)26-28-16-10-7-11-17-28/h4-5,7-8,10-13,16-19,27,30,32-35,43H,1-2,6,9,14-15,20-26H2,3H3,(H,40,44)/t27-,30+,32-,33-,34-,35+,39-/m0/s1. The van der Waals surface area contributed by atoms with Crippen molar-refractivity contribution in [3.05, 3.63) is 97.1 Å². The molecule has 2 aromatic rings. The lowest BCUT2D eigenvalue weighted by atomic mass is 9.70. The van der Waals surface area contributed by atoms with Gasteiger partial charge in [0.25, 0.3) is 0 Å². The van der Waals surface area contributed by atoms with Gasteiger partial charge in [-0.25, -0.2) is 0 Å². The molecule has 10 nitrogen and oxygen atoms in total. The predicted molar refractivity (Wildman–Crippen MR) is 185 cm³/mol. The fraction of sp³-hybridized carbons (Fsp3) is 0.487. The van der Waals surface area contributed by atoms with Crippen molar-refractivity contribution >= 4 is 23.7 Å². The molecule has 10 heteroatoms. The number of ether oxygens (including phenoxy) is 2. The number of hydrogen-bond acceptors (Lipinski definition) is 7. The van der Waals surface area contributed by atoms with E-state index < -0.39 is 47.7 Å². The lowest BCUT2D eigenvalue weighted by Crippen LogP contribution is -2.56. The van der Waals surface area contributed by atoms with Gasteiger partial charge in [-0.05, 0) is 56.6 Å². The van der Waals surface area contributed by atoms with Gasteiger partial charge in [0, 0.05) is 32.7 Å². The molecule has 3 fully saturated rings. The molecule has 0 aliphatic carbocycles. The first-order chi connectivity index (χ1) is 23.7. The summed E-state index contributed by atoms with van der Waals surface area (Å²) in [5.74, 6) is -3.08. The highest BCUT2D eigenvalue weighted by Crippen LogP contribution is 2.59. The van der Waals surface area contributed by atoms with Crippen molar-refractivity contribution in [2.75, 3.05) is 19.7 Å². The number of carbonyl (C=O) groups excluding carboxylic acids is 4. The molecule has 49 heavy (non-hydrogen) atoms. The normalized spacial score (nSPS) is 24.9. The Hall–Kier alpha value is -4.28. The Morgan fingerprint density at radius 2 is 1.80 bits per heavy atom. The number of rotatable bonds is 18. The summed E-state index contributed by atoms with van der Waals surface area (Å²) >= 11 is 0. The van der Waals surface area contributed by atoms with Gasteiger partial charge in [0.2, 0.25) is 17.7 Å². The van der Waals surface area contributed by atoms with Crippen molar-refractivity contribution in [1.29, 1.82) is 0 Å². The van der Waals surface area contributed by atoms with Gasteiger partial charge in [-0.15, -0.1) is 13.2 Å². The SMILES string of the molecule is C=CCCC(=O)N[C@@H](C)[C@H](OC(=O)[C@@H]1[C@H]2C(=O)N(CCCCCO)[C@H](C(=O)N(CC=C)Cc3ccccc3)[C@]23CC[C@H]1O3)c1ccccc1. The van der Waals surface area contributed by atoms with E-state index in [-0.39, 0.29) is 37.3 Å². The van der Waals surface area contributed by atoms with Crippen LogP contribution in [0.2, 0.25) is 0 Å². The molecule has 0 radical (unpaired) electrons. The second-order valence-corrected chi connectivity index (χ2v) is 13.3. The van der Waals surface area contributed by atoms with Crippen LogP contribution in [-0.4, -0.2) is 82.1 Å². The number of carbonyl (C=O) groups is 4. The van der Waals surface area contributed by atoms with Gasteiger partial charge >= 0.3 is 5.97 Å². The predicted octanol–water partition coefficient (Wildman–Crippen LogP) is 4.49. The Bertz CT molecular complexity index is 1480. The zero-order valence-electron chi connectivity index (χ0n) is 28.4. The molecular weight excluding hydrogens is 622 g/mol. The fourth-order valence-electron chi connectivity index (χ4n) is 7.82. The van der Waals surface area contributed by atoms with Crippen molar-refractivity contribution in [2.45, 2.75) is 88.3 Å². The first-order valence-corrected chi connectivity index (χ1v) is 17.4. The van der Waals surface area contributed by atoms with Crippen LogP contribution >= 0.6 is 0 Å². The van der Waals surface area contributed by atoms with Crippen molar-refractivity contribution in [3.8, 4) is 0 Å². The minimum atomic E-state index is -1.18. The summed E-state index contributed by atoms with van der Waals surface area (Å²) in [6.45, 7) is 10.3. The van der Waals surface area contributed by atoms with E-state index >= 15 is 0 Å². The summed E-state index contributed by atoms with van der Waals surface area (Å²) in [6, 6.07) is 17.4. The smallest absolute Gasteiger partial charge is 0.313 e. The number of nitrogens with zero attached hydrogens (tertiary/aromatic N) is 2. The number of amides is 3. The molecule has 7 atom stereocenters. The molecule has 0 unspecified atom stereocenters. The van der Waals surface area contributed by atoms with Crippen LogP contribution in [0.3, 0.4) is 0 Å². The van der Waals surface area contributed by atoms with Crippen molar-refractivity contribution < 1.29 is 33.8 Å². The number of nitrogens with one attached hydrogen (secondary N) is 1. The highest BCUT2D eigenvalue weighted by Gasteiger charge is 2.75. The Morgan fingerprint density at radius 1 is 1.08 bits per heavy atom. The quantitative estimate of drug-likeness (QED) is 0.136. The van der Waals surface area contributed by atoms with Gasteiger partial charge in [0.1, 0.15) is 17.7 Å². The van der Waals surface area contributed by atoms with Crippen LogP contribution in [0.15, 0.2) is 86.0 Å². The maximum Gasteiger partial charge on any atom is 0.313 e. The molecule has 3 aliphatic rings. The van der Waals surface area contributed by atoms with E-state index in [0.29, 0.717) is 57.2 Å². The molecule has 5 rings (SSSR count). The molecular formula is C39H49N3O7. The van der Waals surface area contributed by atoms with Crippen molar-refractivity contribution in [3.63, 3.8) is 0 Å². The topological polar surface area (TPSA) is 125 Å². The first kappa shape index (κ1) is 36.0. The molecule has 2 aromatic carbocycles. The first-order valence-electron chi connectivity index (χ1n) is 17.4. The van der Waals surface area contributed by atoms with Gasteiger partial charge in [-0.3, -0.25) is 19.2 Å². The molecule has 3 aliphatic heterocycles. The second kappa shape index (κ2) is 16.4. The zero-order valence-corrected chi connectivity index (χ0v) is 28.4. The van der Waals surface area contributed by atoms with E-state index in [0.717, 1.165) is 5.56 Å². The Kier molecular flexibility index (Phi) is 12.1. The Balaban J connectivity index is 1.44. The molecule has 2 N–H and O–H groups in total. The molecule has 3 saturated heterocycles. The molecule has 1 spiro atoms. The van der Waals surface area contributed by atoms with E-state index in [2.05, 4.69) is 18.5 Å². The third kappa shape index (κ3) is 7.65. The molecule has 3 amide bonds. The Labute approximate surface area is 289 Å². The lowest BCUT2D eigenvalue weighted by Gasteiger charge is -2.37. The summed E-state index contributed by atoms with van der Waals surface area (Å²) in [5, 5.41) is 12.3. The maximum absolute atomic E-state index is 14.6. The molecule has 2 bridgehead atoms. The minimum absolute atomic E-state index is 0.0431. The van der Waals surface area contributed by atoms with Crippen LogP contribution in [0.1, 0.15) is 69.1 Å². The number of aliphatic hydroxyl groups excluding tert-OH is 1. The number of aliphatic hydroxyl groups is 1. The monoisotopic (exact) mass is 671 g/mol. The van der Waals surface area contributed by atoms with E-state index in [1.54, 1.807) is 28.9 Å². The van der Waals surface area contributed by atoms with Gasteiger partial charge < -0.3 is 29.7 Å². The molecule has 3 heterocycles. The zero-order chi connectivity index (χ0) is 35.0. The van der Waals surface area contributed by atoms with E-state index in [9.17, 15) is 24.3 Å². The van der Waals surface area contributed by atoms with E-state index in [1.807, 2.05) is 60.7 Å². The fourth-order valence-corrected chi connectivity index (χ4v) is 7.82. The summed E-state index contributed by atoms with van der Waals surface area (Å²) in [4.78, 5) is 59.3. The lowest BCUT2D eigenvalue weighted by molar-refractivity contribution is -0.162. The van der Waals surface area contributed by atoms with Crippen LogP contribution in [0.25, 0.3) is 0 Å². The number of benzene rings is 2. The van der Waals surface area contributed by atoms with Gasteiger partial charge in [-0.1, -0.05) is 72.8 Å². The number of likely N-dealkylation sites (tertiary alicyclic amines) is 1. The molecule has 0 aromatic heterocycles. The summed E-state index contributed by atoms with van der Waals surface area (Å²) in [5.41, 5.74) is 0.479. The van der Waals surface area contributed by atoms with E-state index in [1.165, 1.54) is 0 Å². The Morgan fingerprint density at radius 3 is 2.47 bits per heavy atom. The summed E-state index contributed by atoms with van der Waals surface area (Å²) < 4.78 is 12.9. The molecule has 262 valence electrons. The number of allylic oxidation sites excluding steroid dienone is 1. The van der Waals surface area contributed by atoms with Gasteiger partial charge in [0.15, 0.2) is 0 Å². The third-order valence-corrected chi connectivity index (χ3v) is 10.0. The van der Waals surface area contributed by atoms with Crippen LogP contribution in [-0.2, 0) is 35.2 Å². The van der Waals surface area contributed by atoms with Crippen LogP contribution in [0, 0.1) is 11.8 Å².